The van der Waals surface area contributed by atoms with E-state index in [2.05, 4.69) is 5.10 Å². The molecule has 0 saturated heterocycles. The maximum atomic E-state index is 13.2. The van der Waals surface area contributed by atoms with Crippen molar-refractivity contribution in [3.05, 3.63) is 84.8 Å². The largest absolute Gasteiger partial charge is 0.493 e. The van der Waals surface area contributed by atoms with Gasteiger partial charge in [-0.25, -0.2) is 4.68 Å². The molecule has 0 N–H and O–H groups in total. The SMILES string of the molecule is COc1ccccc1OCCN(C)C(=O)c1cc(-c2ccco2)nn1-c1ccccc1. The Balaban J connectivity index is 1.53. The number of hydrogen-bond acceptors (Lipinski definition) is 5. The third-order valence-corrected chi connectivity index (χ3v) is 4.80. The van der Waals surface area contributed by atoms with E-state index in [0.717, 1.165) is 5.69 Å². The van der Waals surface area contributed by atoms with Crippen LogP contribution in [0, 0.1) is 0 Å². The molecule has 0 saturated carbocycles. The molecule has 0 unspecified atom stereocenters. The molecule has 0 radical (unpaired) electrons. The Morgan fingerprint density at radius 2 is 1.77 bits per heavy atom. The Labute approximate surface area is 180 Å². The first-order valence-electron chi connectivity index (χ1n) is 9.88. The lowest BCUT2D eigenvalue weighted by molar-refractivity contribution is 0.0764. The highest BCUT2D eigenvalue weighted by molar-refractivity contribution is 5.94. The molecule has 0 aliphatic rings. The summed E-state index contributed by atoms with van der Waals surface area (Å²) in [5.41, 5.74) is 1.83. The lowest BCUT2D eigenvalue weighted by Crippen LogP contribution is -2.32. The van der Waals surface area contributed by atoms with Gasteiger partial charge in [0, 0.05) is 13.1 Å². The van der Waals surface area contributed by atoms with Crippen LogP contribution in [0.4, 0.5) is 0 Å². The number of nitrogens with zero attached hydrogens (tertiary/aromatic N) is 3. The van der Waals surface area contributed by atoms with Crippen molar-refractivity contribution in [2.45, 2.75) is 0 Å². The molecule has 31 heavy (non-hydrogen) atoms. The number of ether oxygens (including phenoxy) is 2. The zero-order valence-electron chi connectivity index (χ0n) is 17.4. The molecule has 7 heteroatoms. The molecule has 0 bridgehead atoms. The van der Waals surface area contributed by atoms with Crippen molar-refractivity contribution in [1.29, 1.82) is 0 Å². The number of benzene rings is 2. The number of rotatable bonds is 8. The lowest BCUT2D eigenvalue weighted by Gasteiger charge is -2.18. The molecule has 7 nitrogen and oxygen atoms in total. The zero-order valence-corrected chi connectivity index (χ0v) is 17.4. The van der Waals surface area contributed by atoms with E-state index in [0.29, 0.717) is 41.8 Å². The number of amides is 1. The molecule has 0 atom stereocenters. The Hall–Kier alpha value is -4.00. The van der Waals surface area contributed by atoms with E-state index < -0.39 is 0 Å². The summed E-state index contributed by atoms with van der Waals surface area (Å²) in [5, 5.41) is 4.60. The van der Waals surface area contributed by atoms with Gasteiger partial charge in [-0.1, -0.05) is 30.3 Å². The predicted octanol–water partition coefficient (Wildman–Crippen LogP) is 4.29. The molecule has 1 amide bonds. The maximum absolute atomic E-state index is 13.2. The Bertz CT molecular complexity index is 1140. The molecular formula is C24H23N3O4. The summed E-state index contributed by atoms with van der Waals surface area (Å²) in [6, 6.07) is 22.3. The fourth-order valence-corrected chi connectivity index (χ4v) is 3.17. The molecule has 2 heterocycles. The molecule has 0 fully saturated rings. The van der Waals surface area contributed by atoms with E-state index in [1.54, 1.807) is 42.1 Å². The van der Waals surface area contributed by atoms with Gasteiger partial charge in [-0.3, -0.25) is 4.79 Å². The third-order valence-electron chi connectivity index (χ3n) is 4.80. The molecule has 4 rings (SSSR count). The number of para-hydroxylation sites is 3. The summed E-state index contributed by atoms with van der Waals surface area (Å²) in [6.07, 6.45) is 1.58. The average Bonchev–Trinajstić information content (AvgIpc) is 3.49. The van der Waals surface area contributed by atoms with Gasteiger partial charge < -0.3 is 18.8 Å². The molecule has 2 aromatic carbocycles. The third kappa shape index (κ3) is 4.45. The Morgan fingerprint density at radius 1 is 1.03 bits per heavy atom. The zero-order chi connectivity index (χ0) is 21.6. The van der Waals surface area contributed by atoms with Gasteiger partial charge >= 0.3 is 0 Å². The summed E-state index contributed by atoms with van der Waals surface area (Å²) < 4.78 is 18.2. The summed E-state index contributed by atoms with van der Waals surface area (Å²) >= 11 is 0. The Kier molecular flexibility index (Phi) is 6.03. The monoisotopic (exact) mass is 417 g/mol. The van der Waals surface area contributed by atoms with E-state index in [1.165, 1.54) is 0 Å². The fraction of sp³-hybridized carbons (Fsp3) is 0.167. The minimum absolute atomic E-state index is 0.169. The highest BCUT2D eigenvalue weighted by Gasteiger charge is 2.21. The van der Waals surface area contributed by atoms with E-state index in [-0.39, 0.29) is 5.91 Å². The van der Waals surface area contributed by atoms with Gasteiger partial charge in [0.15, 0.2) is 17.3 Å². The molecule has 0 aliphatic heterocycles. The fourth-order valence-electron chi connectivity index (χ4n) is 3.17. The summed E-state index contributed by atoms with van der Waals surface area (Å²) in [7, 11) is 3.34. The number of likely N-dealkylation sites (N-methyl/N-ethyl adjacent to an activating group) is 1. The predicted molar refractivity (Wildman–Crippen MR) is 117 cm³/mol. The van der Waals surface area contributed by atoms with Gasteiger partial charge in [-0.15, -0.1) is 0 Å². The van der Waals surface area contributed by atoms with E-state index >= 15 is 0 Å². The van der Waals surface area contributed by atoms with Crippen molar-refractivity contribution in [2.24, 2.45) is 0 Å². The summed E-state index contributed by atoms with van der Waals surface area (Å²) in [5.74, 6) is 1.73. The van der Waals surface area contributed by atoms with E-state index in [9.17, 15) is 4.79 Å². The van der Waals surface area contributed by atoms with Crippen molar-refractivity contribution >= 4 is 5.91 Å². The van der Waals surface area contributed by atoms with Gasteiger partial charge in [0.1, 0.15) is 18.0 Å². The van der Waals surface area contributed by atoms with Crippen LogP contribution >= 0.6 is 0 Å². The Morgan fingerprint density at radius 3 is 2.48 bits per heavy atom. The highest BCUT2D eigenvalue weighted by Crippen LogP contribution is 2.26. The smallest absolute Gasteiger partial charge is 0.272 e. The molecule has 0 spiro atoms. The first-order chi connectivity index (χ1) is 15.2. The van der Waals surface area contributed by atoms with Gasteiger partial charge in [-0.05, 0) is 36.4 Å². The second-order valence-corrected chi connectivity index (χ2v) is 6.87. The van der Waals surface area contributed by atoms with Crippen molar-refractivity contribution in [2.75, 3.05) is 27.3 Å². The van der Waals surface area contributed by atoms with E-state index in [4.69, 9.17) is 13.9 Å². The van der Waals surface area contributed by atoms with Crippen LogP contribution in [0.1, 0.15) is 10.5 Å². The normalized spacial score (nSPS) is 10.6. The number of aromatic nitrogens is 2. The minimum atomic E-state index is -0.169. The van der Waals surface area contributed by atoms with Crippen molar-refractivity contribution < 1.29 is 18.7 Å². The number of methoxy groups -OCH3 is 1. The highest BCUT2D eigenvalue weighted by atomic mass is 16.5. The van der Waals surface area contributed by atoms with Crippen LogP contribution in [0.3, 0.4) is 0 Å². The van der Waals surface area contributed by atoms with Crippen molar-refractivity contribution in [1.82, 2.24) is 14.7 Å². The molecule has 158 valence electrons. The standard InChI is InChI=1S/C24H23N3O4/c1-26(14-16-31-23-12-7-6-11-22(23)29-2)24(28)20-17-19(21-13-8-15-30-21)25-27(20)18-9-4-3-5-10-18/h3-13,15,17H,14,16H2,1-2H3. The van der Waals surface area contributed by atoms with Crippen molar-refractivity contribution in [3.63, 3.8) is 0 Å². The van der Waals surface area contributed by atoms with Gasteiger partial charge in [0.25, 0.3) is 5.91 Å². The van der Waals surface area contributed by atoms with Crippen LogP contribution in [0.15, 0.2) is 83.5 Å². The second kappa shape index (κ2) is 9.21. The van der Waals surface area contributed by atoms with Gasteiger partial charge in [0.05, 0.1) is 25.6 Å². The lowest BCUT2D eigenvalue weighted by atomic mass is 10.2. The first-order valence-corrected chi connectivity index (χ1v) is 9.88. The van der Waals surface area contributed by atoms with Crippen LogP contribution in [-0.2, 0) is 0 Å². The van der Waals surface area contributed by atoms with Crippen LogP contribution < -0.4 is 9.47 Å². The van der Waals surface area contributed by atoms with Gasteiger partial charge in [-0.2, -0.15) is 5.10 Å². The molecule has 0 aliphatic carbocycles. The van der Waals surface area contributed by atoms with Crippen LogP contribution in [0.2, 0.25) is 0 Å². The molecular weight excluding hydrogens is 394 g/mol. The van der Waals surface area contributed by atoms with E-state index in [1.807, 2.05) is 60.7 Å². The topological polar surface area (TPSA) is 69.7 Å². The summed E-state index contributed by atoms with van der Waals surface area (Å²) in [6.45, 7) is 0.722. The summed E-state index contributed by atoms with van der Waals surface area (Å²) in [4.78, 5) is 14.9. The molecule has 4 aromatic rings. The number of carbonyl (C=O) groups excluding carboxylic acids is 1. The van der Waals surface area contributed by atoms with Crippen LogP contribution in [0.5, 0.6) is 11.5 Å². The van der Waals surface area contributed by atoms with Crippen molar-refractivity contribution in [3.8, 4) is 28.6 Å². The maximum Gasteiger partial charge on any atom is 0.272 e. The second-order valence-electron chi connectivity index (χ2n) is 6.87. The quantitative estimate of drug-likeness (QED) is 0.428. The average molecular weight is 417 g/mol. The first kappa shape index (κ1) is 20.3. The van der Waals surface area contributed by atoms with Gasteiger partial charge in [0.2, 0.25) is 0 Å². The number of hydrogen-bond donors (Lipinski definition) is 0. The molecule has 2 aromatic heterocycles. The number of furan rings is 1. The van der Waals surface area contributed by atoms with Crippen LogP contribution in [0.25, 0.3) is 17.1 Å². The minimum Gasteiger partial charge on any atom is -0.493 e. The van der Waals surface area contributed by atoms with Crippen LogP contribution in [-0.4, -0.2) is 47.9 Å². The number of carbonyl (C=O) groups is 1.